The van der Waals surface area contributed by atoms with Gasteiger partial charge in [0.15, 0.2) is 5.78 Å². The van der Waals surface area contributed by atoms with Gasteiger partial charge in [0.25, 0.3) is 0 Å². The number of carbonyl (C=O) groups is 1. The molecule has 1 aromatic carbocycles. The van der Waals surface area contributed by atoms with Crippen molar-refractivity contribution in [2.75, 3.05) is 0 Å². The molecule has 2 aromatic rings. The van der Waals surface area contributed by atoms with Crippen molar-refractivity contribution < 1.29 is 9.18 Å². The summed E-state index contributed by atoms with van der Waals surface area (Å²) in [6.45, 7) is 0. The fraction of sp³-hybridized carbons (Fsp3) is 0.100. The predicted molar refractivity (Wildman–Crippen MR) is 55.8 cm³/mol. The Bertz CT molecular complexity index is 493. The van der Waals surface area contributed by atoms with Crippen LogP contribution in [0.15, 0.2) is 24.4 Å². The Kier molecular flexibility index (Phi) is 2.96. The molecular weight excluding hydrogens is 233 g/mol. The third-order valence-corrected chi connectivity index (χ3v) is 2.45. The van der Waals surface area contributed by atoms with E-state index in [4.69, 9.17) is 11.6 Å². The number of ketones is 1. The van der Waals surface area contributed by atoms with Crippen LogP contribution in [0.25, 0.3) is 0 Å². The summed E-state index contributed by atoms with van der Waals surface area (Å²) in [5.74, 6) is -0.829. The minimum atomic E-state index is -0.496. The van der Waals surface area contributed by atoms with Crippen molar-refractivity contribution in [2.24, 2.45) is 0 Å². The van der Waals surface area contributed by atoms with E-state index in [1.807, 2.05) is 0 Å². The number of hydrogen-bond donors (Lipinski definition) is 1. The molecule has 6 heteroatoms. The standard InChI is InChI=1S/C10H7ClFN3O/c11-7-2-1-3-8(12)6(7)4-10(16)9-5-13-15-14-9/h1-3,5H,4H2,(H,13,14,15). The maximum absolute atomic E-state index is 13.4. The van der Waals surface area contributed by atoms with Gasteiger partial charge in [0, 0.05) is 17.0 Å². The highest BCUT2D eigenvalue weighted by Crippen LogP contribution is 2.20. The van der Waals surface area contributed by atoms with Gasteiger partial charge in [0.05, 0.1) is 6.20 Å². The number of Topliss-reactive ketones (excluding diaryl/α,β-unsaturated/α-hetero) is 1. The van der Waals surface area contributed by atoms with Gasteiger partial charge < -0.3 is 0 Å². The van der Waals surface area contributed by atoms with Crippen LogP contribution in [0.3, 0.4) is 0 Å². The Labute approximate surface area is 95.4 Å². The number of aromatic amines is 1. The molecular formula is C10H7ClFN3O. The van der Waals surface area contributed by atoms with E-state index < -0.39 is 5.82 Å². The molecule has 0 bridgehead atoms. The number of H-pyrrole nitrogens is 1. The first-order chi connectivity index (χ1) is 7.68. The Hall–Kier alpha value is -1.75. The third kappa shape index (κ3) is 2.09. The Balaban J connectivity index is 2.25. The lowest BCUT2D eigenvalue weighted by atomic mass is 10.1. The summed E-state index contributed by atoms with van der Waals surface area (Å²) < 4.78 is 13.4. The zero-order chi connectivity index (χ0) is 11.5. The van der Waals surface area contributed by atoms with Crippen LogP contribution in [-0.4, -0.2) is 21.2 Å². The number of halogens is 2. The molecule has 82 valence electrons. The van der Waals surface area contributed by atoms with Gasteiger partial charge in [-0.25, -0.2) is 4.39 Å². The van der Waals surface area contributed by atoms with Crippen LogP contribution in [0.1, 0.15) is 16.1 Å². The molecule has 0 spiro atoms. The average molecular weight is 240 g/mol. The van der Waals surface area contributed by atoms with Gasteiger partial charge in [-0.2, -0.15) is 15.4 Å². The van der Waals surface area contributed by atoms with Crippen LogP contribution >= 0.6 is 11.6 Å². The van der Waals surface area contributed by atoms with Crippen LogP contribution in [0.4, 0.5) is 4.39 Å². The molecule has 0 aliphatic heterocycles. The minimum Gasteiger partial charge on any atom is -0.292 e. The molecule has 0 aliphatic rings. The summed E-state index contributed by atoms with van der Waals surface area (Å²) in [5.41, 5.74) is 0.344. The number of benzene rings is 1. The lowest BCUT2D eigenvalue weighted by Crippen LogP contribution is -2.06. The largest absolute Gasteiger partial charge is 0.292 e. The smallest absolute Gasteiger partial charge is 0.189 e. The second-order valence-electron chi connectivity index (χ2n) is 3.16. The molecule has 0 saturated carbocycles. The molecule has 4 nitrogen and oxygen atoms in total. The summed E-state index contributed by atoms with van der Waals surface area (Å²) in [6, 6.07) is 4.29. The SMILES string of the molecule is O=C(Cc1c(F)cccc1Cl)c1cn[nH]n1. The van der Waals surface area contributed by atoms with E-state index in [-0.39, 0.29) is 28.5 Å². The van der Waals surface area contributed by atoms with Crippen LogP contribution in [0, 0.1) is 5.82 Å². The quantitative estimate of drug-likeness (QED) is 0.834. The third-order valence-electron chi connectivity index (χ3n) is 2.10. The first-order valence-corrected chi connectivity index (χ1v) is 4.88. The van der Waals surface area contributed by atoms with E-state index in [2.05, 4.69) is 15.4 Å². The van der Waals surface area contributed by atoms with Gasteiger partial charge in [-0.1, -0.05) is 17.7 Å². The van der Waals surface area contributed by atoms with Crippen molar-refractivity contribution in [1.82, 2.24) is 15.4 Å². The second kappa shape index (κ2) is 4.40. The Morgan fingerprint density at radius 1 is 1.50 bits per heavy atom. The van der Waals surface area contributed by atoms with E-state index >= 15 is 0 Å². The maximum Gasteiger partial charge on any atom is 0.189 e. The first-order valence-electron chi connectivity index (χ1n) is 4.50. The van der Waals surface area contributed by atoms with Crippen molar-refractivity contribution in [3.63, 3.8) is 0 Å². The van der Waals surface area contributed by atoms with Crippen LogP contribution in [-0.2, 0) is 6.42 Å². The topological polar surface area (TPSA) is 58.6 Å². The monoisotopic (exact) mass is 239 g/mol. The molecule has 1 N–H and O–H groups in total. The van der Waals surface area contributed by atoms with Crippen LogP contribution in [0.5, 0.6) is 0 Å². The summed E-state index contributed by atoms with van der Waals surface area (Å²) in [7, 11) is 0. The summed E-state index contributed by atoms with van der Waals surface area (Å²) >= 11 is 5.80. The summed E-state index contributed by atoms with van der Waals surface area (Å²) in [5, 5.41) is 9.68. The number of carbonyl (C=O) groups excluding carboxylic acids is 1. The van der Waals surface area contributed by atoms with Crippen molar-refractivity contribution >= 4 is 17.4 Å². The highest BCUT2D eigenvalue weighted by molar-refractivity contribution is 6.31. The van der Waals surface area contributed by atoms with Crippen molar-refractivity contribution in [1.29, 1.82) is 0 Å². The molecule has 16 heavy (non-hydrogen) atoms. The van der Waals surface area contributed by atoms with Crippen molar-refractivity contribution in [3.05, 3.63) is 46.5 Å². The highest BCUT2D eigenvalue weighted by atomic mass is 35.5. The van der Waals surface area contributed by atoms with E-state index in [9.17, 15) is 9.18 Å². The molecule has 1 aromatic heterocycles. The lowest BCUT2D eigenvalue weighted by molar-refractivity contribution is 0.0987. The van der Waals surface area contributed by atoms with E-state index in [1.165, 1.54) is 24.4 Å². The molecule has 2 rings (SSSR count). The summed E-state index contributed by atoms with van der Waals surface area (Å²) in [6.07, 6.45) is 1.16. The van der Waals surface area contributed by atoms with Crippen molar-refractivity contribution in [2.45, 2.75) is 6.42 Å². The molecule has 0 saturated heterocycles. The van der Waals surface area contributed by atoms with E-state index in [1.54, 1.807) is 0 Å². The Morgan fingerprint density at radius 3 is 2.94 bits per heavy atom. The zero-order valence-electron chi connectivity index (χ0n) is 8.08. The molecule has 0 aliphatic carbocycles. The lowest BCUT2D eigenvalue weighted by Gasteiger charge is -2.03. The normalized spacial score (nSPS) is 10.4. The predicted octanol–water partition coefficient (Wildman–Crippen LogP) is 2.02. The number of nitrogens with zero attached hydrogens (tertiary/aromatic N) is 2. The zero-order valence-corrected chi connectivity index (χ0v) is 8.83. The van der Waals surface area contributed by atoms with Crippen LogP contribution in [0.2, 0.25) is 5.02 Å². The number of hydrogen-bond acceptors (Lipinski definition) is 3. The molecule has 0 fully saturated rings. The Morgan fingerprint density at radius 2 is 2.31 bits per heavy atom. The van der Waals surface area contributed by atoms with E-state index in [0.29, 0.717) is 0 Å². The molecule has 0 atom stereocenters. The molecule has 0 amide bonds. The van der Waals surface area contributed by atoms with Gasteiger partial charge in [0.2, 0.25) is 0 Å². The fourth-order valence-electron chi connectivity index (χ4n) is 1.29. The number of nitrogens with one attached hydrogen (secondary N) is 1. The van der Waals surface area contributed by atoms with Gasteiger partial charge in [-0.05, 0) is 12.1 Å². The molecule has 1 heterocycles. The molecule has 0 radical (unpaired) electrons. The van der Waals surface area contributed by atoms with Crippen molar-refractivity contribution in [3.8, 4) is 0 Å². The minimum absolute atomic E-state index is 0.127. The van der Waals surface area contributed by atoms with E-state index in [0.717, 1.165) is 0 Å². The highest BCUT2D eigenvalue weighted by Gasteiger charge is 2.15. The van der Waals surface area contributed by atoms with Gasteiger partial charge in [0.1, 0.15) is 11.5 Å². The first kappa shape index (κ1) is 10.8. The van der Waals surface area contributed by atoms with Crippen LogP contribution < -0.4 is 0 Å². The molecule has 0 unspecified atom stereocenters. The number of aromatic nitrogens is 3. The summed E-state index contributed by atoms with van der Waals surface area (Å²) in [4.78, 5) is 11.6. The second-order valence-corrected chi connectivity index (χ2v) is 3.56. The van der Waals surface area contributed by atoms with Gasteiger partial charge >= 0.3 is 0 Å². The maximum atomic E-state index is 13.4. The fourth-order valence-corrected chi connectivity index (χ4v) is 1.52. The number of rotatable bonds is 3. The van der Waals surface area contributed by atoms with Gasteiger partial charge in [-0.3, -0.25) is 4.79 Å². The van der Waals surface area contributed by atoms with Gasteiger partial charge in [-0.15, -0.1) is 0 Å². The average Bonchev–Trinajstić information content (AvgIpc) is 2.76.